The molecular weight excluding hydrogens is 282 g/mol. The molecule has 1 unspecified atom stereocenters. The summed E-state index contributed by atoms with van der Waals surface area (Å²) in [7, 11) is -1.93. The number of amides is 1. The SMILES string of the molecule is COC(=O)C1CCN(C(=O)C2CCCCS2(=O)=O)CC1. The zero-order valence-corrected chi connectivity index (χ0v) is 12.5. The maximum Gasteiger partial charge on any atom is 0.308 e. The van der Waals surface area contributed by atoms with Crippen molar-refractivity contribution in [1.82, 2.24) is 4.90 Å². The highest BCUT2D eigenvalue weighted by Crippen LogP contribution is 2.25. The molecule has 2 rings (SSSR count). The molecule has 0 aromatic carbocycles. The van der Waals surface area contributed by atoms with Crippen molar-refractivity contribution in [2.75, 3.05) is 26.0 Å². The van der Waals surface area contributed by atoms with Crippen LogP contribution in [0.15, 0.2) is 0 Å². The van der Waals surface area contributed by atoms with Crippen molar-refractivity contribution < 1.29 is 22.7 Å². The maximum absolute atomic E-state index is 12.3. The summed E-state index contributed by atoms with van der Waals surface area (Å²) >= 11 is 0. The van der Waals surface area contributed by atoms with Crippen LogP contribution in [0.3, 0.4) is 0 Å². The Morgan fingerprint density at radius 2 is 1.75 bits per heavy atom. The molecule has 2 fully saturated rings. The number of methoxy groups -OCH3 is 1. The molecule has 2 aliphatic heterocycles. The maximum atomic E-state index is 12.3. The van der Waals surface area contributed by atoms with Gasteiger partial charge in [0.2, 0.25) is 5.91 Å². The fraction of sp³-hybridized carbons (Fsp3) is 0.846. The van der Waals surface area contributed by atoms with Gasteiger partial charge in [0.1, 0.15) is 5.25 Å². The van der Waals surface area contributed by atoms with Gasteiger partial charge in [-0.05, 0) is 25.7 Å². The Morgan fingerprint density at radius 1 is 1.10 bits per heavy atom. The van der Waals surface area contributed by atoms with Crippen molar-refractivity contribution in [3.63, 3.8) is 0 Å². The highest BCUT2D eigenvalue weighted by Gasteiger charge is 2.39. The van der Waals surface area contributed by atoms with Crippen LogP contribution in [0.1, 0.15) is 32.1 Å². The number of rotatable bonds is 2. The molecule has 0 spiro atoms. The zero-order valence-electron chi connectivity index (χ0n) is 11.7. The highest BCUT2D eigenvalue weighted by atomic mass is 32.2. The number of ether oxygens (including phenoxy) is 1. The van der Waals surface area contributed by atoms with E-state index in [0.29, 0.717) is 38.8 Å². The van der Waals surface area contributed by atoms with E-state index in [1.165, 1.54) is 7.11 Å². The molecular formula is C13H21NO5S. The fourth-order valence-corrected chi connectivity index (χ4v) is 4.81. The first-order chi connectivity index (χ1) is 9.45. The number of hydrogen-bond acceptors (Lipinski definition) is 5. The van der Waals surface area contributed by atoms with Gasteiger partial charge in [0.15, 0.2) is 9.84 Å². The second kappa shape index (κ2) is 6.11. The predicted molar refractivity (Wildman–Crippen MR) is 72.7 cm³/mol. The predicted octanol–water partition coefficient (Wildman–Crippen LogP) is 0.365. The van der Waals surface area contributed by atoms with Gasteiger partial charge in [-0.1, -0.05) is 6.42 Å². The first kappa shape index (κ1) is 15.3. The molecule has 7 heteroatoms. The fourth-order valence-electron chi connectivity index (χ4n) is 2.94. The lowest BCUT2D eigenvalue weighted by Gasteiger charge is -2.34. The van der Waals surface area contributed by atoms with Crippen LogP contribution in [0.25, 0.3) is 0 Å². The molecule has 0 bridgehead atoms. The number of piperidine rings is 1. The van der Waals surface area contributed by atoms with Gasteiger partial charge in [0.25, 0.3) is 0 Å². The Morgan fingerprint density at radius 3 is 2.30 bits per heavy atom. The van der Waals surface area contributed by atoms with Gasteiger partial charge in [0.05, 0.1) is 18.8 Å². The topological polar surface area (TPSA) is 80.8 Å². The second-order valence-electron chi connectivity index (χ2n) is 5.47. The van der Waals surface area contributed by atoms with Gasteiger partial charge in [-0.3, -0.25) is 9.59 Å². The lowest BCUT2D eigenvalue weighted by atomic mass is 9.96. The van der Waals surface area contributed by atoms with Crippen LogP contribution in [0, 0.1) is 5.92 Å². The highest BCUT2D eigenvalue weighted by molar-refractivity contribution is 7.92. The Kier molecular flexibility index (Phi) is 4.67. The van der Waals surface area contributed by atoms with Crippen molar-refractivity contribution in [1.29, 1.82) is 0 Å². The Labute approximate surface area is 119 Å². The van der Waals surface area contributed by atoms with E-state index >= 15 is 0 Å². The number of sulfone groups is 1. The number of carbonyl (C=O) groups is 2. The van der Waals surface area contributed by atoms with Crippen LogP contribution in [0.2, 0.25) is 0 Å². The summed E-state index contributed by atoms with van der Waals surface area (Å²) in [4.78, 5) is 25.4. The lowest BCUT2D eigenvalue weighted by Crippen LogP contribution is -2.48. The first-order valence-electron chi connectivity index (χ1n) is 7.04. The molecule has 0 N–H and O–H groups in total. The van der Waals surface area contributed by atoms with E-state index in [1.54, 1.807) is 4.90 Å². The van der Waals surface area contributed by atoms with Crippen LogP contribution < -0.4 is 0 Å². The quantitative estimate of drug-likeness (QED) is 0.688. The normalized spacial score (nSPS) is 27.1. The van der Waals surface area contributed by atoms with Crippen molar-refractivity contribution in [2.45, 2.75) is 37.4 Å². The van der Waals surface area contributed by atoms with Gasteiger partial charge in [-0.15, -0.1) is 0 Å². The molecule has 1 atom stereocenters. The molecule has 0 aromatic heterocycles. The van der Waals surface area contributed by atoms with E-state index in [-0.39, 0.29) is 23.5 Å². The number of likely N-dealkylation sites (tertiary alicyclic amines) is 1. The lowest BCUT2D eigenvalue weighted by molar-refractivity contribution is -0.148. The summed E-state index contributed by atoms with van der Waals surface area (Å²) in [6, 6.07) is 0. The molecule has 114 valence electrons. The van der Waals surface area contributed by atoms with Gasteiger partial charge in [-0.2, -0.15) is 0 Å². The summed E-state index contributed by atoms with van der Waals surface area (Å²) in [6.45, 7) is 0.870. The van der Waals surface area contributed by atoms with E-state index in [0.717, 1.165) is 6.42 Å². The van der Waals surface area contributed by atoms with E-state index in [9.17, 15) is 18.0 Å². The van der Waals surface area contributed by atoms with Crippen LogP contribution in [-0.4, -0.2) is 56.4 Å². The molecule has 20 heavy (non-hydrogen) atoms. The van der Waals surface area contributed by atoms with Crippen molar-refractivity contribution in [3.8, 4) is 0 Å². The minimum Gasteiger partial charge on any atom is -0.469 e. The zero-order chi connectivity index (χ0) is 14.8. The summed E-state index contributed by atoms with van der Waals surface area (Å²) in [5, 5.41) is -0.870. The summed E-state index contributed by atoms with van der Waals surface area (Å²) < 4.78 is 28.6. The van der Waals surface area contributed by atoms with E-state index < -0.39 is 15.1 Å². The number of esters is 1. The van der Waals surface area contributed by atoms with E-state index in [2.05, 4.69) is 0 Å². The third-order valence-electron chi connectivity index (χ3n) is 4.20. The molecule has 0 saturated carbocycles. The van der Waals surface area contributed by atoms with Crippen molar-refractivity contribution in [3.05, 3.63) is 0 Å². The standard InChI is InChI=1S/C13H21NO5S/c1-19-13(16)10-5-7-14(8-6-10)12(15)11-4-2-3-9-20(11,17)18/h10-11H,2-9H2,1H3. The first-order valence-corrected chi connectivity index (χ1v) is 8.75. The average Bonchev–Trinajstić information content (AvgIpc) is 2.45. The molecule has 0 radical (unpaired) electrons. The summed E-state index contributed by atoms with van der Waals surface area (Å²) in [5.41, 5.74) is 0. The molecule has 2 heterocycles. The molecule has 0 aromatic rings. The van der Waals surface area contributed by atoms with E-state index in [4.69, 9.17) is 4.74 Å². The molecule has 6 nitrogen and oxygen atoms in total. The minimum absolute atomic E-state index is 0.113. The van der Waals surface area contributed by atoms with Crippen LogP contribution in [0.5, 0.6) is 0 Å². The summed E-state index contributed by atoms with van der Waals surface area (Å²) in [6.07, 6.45) is 2.96. The van der Waals surface area contributed by atoms with Crippen LogP contribution in [-0.2, 0) is 24.2 Å². The molecule has 0 aliphatic carbocycles. The van der Waals surface area contributed by atoms with Crippen LogP contribution >= 0.6 is 0 Å². The third kappa shape index (κ3) is 3.13. The van der Waals surface area contributed by atoms with Gasteiger partial charge >= 0.3 is 5.97 Å². The molecule has 1 amide bonds. The minimum atomic E-state index is -3.29. The third-order valence-corrected chi connectivity index (χ3v) is 6.36. The Bertz CT molecular complexity index is 479. The van der Waals surface area contributed by atoms with Crippen LogP contribution in [0.4, 0.5) is 0 Å². The number of carbonyl (C=O) groups excluding carboxylic acids is 2. The molecule has 2 saturated heterocycles. The Balaban J connectivity index is 1.96. The van der Waals surface area contributed by atoms with Gasteiger partial charge < -0.3 is 9.64 Å². The monoisotopic (exact) mass is 303 g/mol. The van der Waals surface area contributed by atoms with Crippen molar-refractivity contribution >= 4 is 21.7 Å². The molecule has 2 aliphatic rings. The largest absolute Gasteiger partial charge is 0.469 e. The van der Waals surface area contributed by atoms with Gasteiger partial charge in [-0.25, -0.2) is 8.42 Å². The van der Waals surface area contributed by atoms with Gasteiger partial charge in [0, 0.05) is 13.1 Å². The average molecular weight is 303 g/mol. The summed E-state index contributed by atoms with van der Waals surface area (Å²) in [5.74, 6) is -0.593. The number of nitrogens with zero attached hydrogens (tertiary/aromatic N) is 1. The van der Waals surface area contributed by atoms with Crippen molar-refractivity contribution in [2.24, 2.45) is 5.92 Å². The Hall–Kier alpha value is -1.11. The number of hydrogen-bond donors (Lipinski definition) is 0. The van der Waals surface area contributed by atoms with E-state index in [1.807, 2.05) is 0 Å². The second-order valence-corrected chi connectivity index (χ2v) is 7.78. The smallest absolute Gasteiger partial charge is 0.308 e.